The van der Waals surface area contributed by atoms with Gasteiger partial charge >= 0.3 is 11.9 Å². The van der Waals surface area contributed by atoms with E-state index >= 15 is 0 Å². The fourth-order valence-corrected chi connectivity index (χ4v) is 5.41. The summed E-state index contributed by atoms with van der Waals surface area (Å²) in [5, 5.41) is 11.5. The van der Waals surface area contributed by atoms with E-state index in [1.54, 1.807) is 49.4 Å². The summed E-state index contributed by atoms with van der Waals surface area (Å²) in [6, 6.07) is 10.7. The normalized spacial score (nSPS) is 18.0. The van der Waals surface area contributed by atoms with Crippen molar-refractivity contribution in [1.82, 2.24) is 4.98 Å². The Morgan fingerprint density at radius 1 is 1.16 bits per heavy atom. The maximum Gasteiger partial charge on any atom is 0.350 e. The number of rotatable bonds is 6. The van der Waals surface area contributed by atoms with Gasteiger partial charge in [-0.05, 0) is 49.7 Å². The zero-order valence-electron chi connectivity index (χ0n) is 20.8. The molecule has 1 fully saturated rings. The maximum absolute atomic E-state index is 13.5. The molecule has 11 heteroatoms. The molecule has 3 heterocycles. The van der Waals surface area contributed by atoms with Crippen molar-refractivity contribution in [2.75, 3.05) is 31.8 Å². The first-order valence-electron chi connectivity index (χ1n) is 11.8. The van der Waals surface area contributed by atoms with Gasteiger partial charge in [0.1, 0.15) is 29.6 Å². The minimum Gasteiger partial charge on any atom is -0.507 e. The molecular formula is C27H24N2O8S. The van der Waals surface area contributed by atoms with Gasteiger partial charge in [-0.3, -0.25) is 14.5 Å². The zero-order chi connectivity index (χ0) is 27.0. The summed E-state index contributed by atoms with van der Waals surface area (Å²) in [5.41, 5.74) is 1.02. The van der Waals surface area contributed by atoms with Gasteiger partial charge in [0.05, 0.1) is 31.0 Å². The van der Waals surface area contributed by atoms with Crippen LogP contribution in [0.25, 0.3) is 5.76 Å². The van der Waals surface area contributed by atoms with E-state index < -0.39 is 23.7 Å². The molecule has 38 heavy (non-hydrogen) atoms. The van der Waals surface area contributed by atoms with E-state index in [0.29, 0.717) is 48.3 Å². The number of ketones is 1. The number of hydrogen-bond acceptors (Lipinski definition) is 10. The summed E-state index contributed by atoms with van der Waals surface area (Å²) in [5.74, 6) is -1.30. The molecule has 1 atom stereocenters. The van der Waals surface area contributed by atoms with Gasteiger partial charge in [-0.25, -0.2) is 9.78 Å². The number of aliphatic hydroxyl groups is 1. The van der Waals surface area contributed by atoms with Crippen LogP contribution >= 0.6 is 11.3 Å². The number of carbonyl (C=O) groups is 3. The van der Waals surface area contributed by atoms with Crippen LogP contribution in [0.4, 0.5) is 5.13 Å². The molecule has 0 radical (unpaired) electrons. The van der Waals surface area contributed by atoms with Crippen LogP contribution in [0.2, 0.25) is 0 Å². The number of amides is 1. The Labute approximate surface area is 222 Å². The Hall–Kier alpha value is -4.38. The lowest BCUT2D eigenvalue weighted by Gasteiger charge is -2.23. The summed E-state index contributed by atoms with van der Waals surface area (Å²) >= 11 is 0.931. The van der Waals surface area contributed by atoms with Crippen molar-refractivity contribution in [3.63, 3.8) is 0 Å². The lowest BCUT2D eigenvalue weighted by Crippen LogP contribution is -2.29. The molecule has 2 aromatic carbocycles. The van der Waals surface area contributed by atoms with E-state index in [2.05, 4.69) is 4.98 Å². The topological polar surface area (TPSA) is 124 Å². The van der Waals surface area contributed by atoms with Crippen LogP contribution in [-0.4, -0.2) is 54.7 Å². The third kappa shape index (κ3) is 4.34. The zero-order valence-corrected chi connectivity index (χ0v) is 21.7. The first-order chi connectivity index (χ1) is 18.3. The molecule has 10 nitrogen and oxygen atoms in total. The van der Waals surface area contributed by atoms with E-state index in [0.717, 1.165) is 11.3 Å². The predicted molar refractivity (Wildman–Crippen MR) is 138 cm³/mol. The van der Waals surface area contributed by atoms with Crippen LogP contribution in [0.1, 0.15) is 39.5 Å². The van der Waals surface area contributed by atoms with Crippen molar-refractivity contribution in [2.45, 2.75) is 19.9 Å². The van der Waals surface area contributed by atoms with Crippen molar-refractivity contribution in [2.24, 2.45) is 0 Å². The largest absolute Gasteiger partial charge is 0.507 e. The Bertz CT molecular complexity index is 1480. The molecular weight excluding hydrogens is 512 g/mol. The summed E-state index contributed by atoms with van der Waals surface area (Å²) in [7, 11) is 1.25. The SMILES string of the molecule is CCOc1cccc([C@H]2C(=C(O)c3ccc4c(c3)OCCO4)C(=O)C(=O)N2c2nc(C)c(C(=O)OC)s2)c1. The van der Waals surface area contributed by atoms with Crippen LogP contribution < -0.4 is 19.1 Å². The Balaban J connectivity index is 1.69. The average molecular weight is 537 g/mol. The van der Waals surface area contributed by atoms with Crippen LogP contribution in [0, 0.1) is 6.92 Å². The van der Waals surface area contributed by atoms with E-state index in [1.165, 1.54) is 12.0 Å². The van der Waals surface area contributed by atoms with Crippen LogP contribution in [0.15, 0.2) is 48.0 Å². The number of aromatic nitrogens is 1. The molecule has 196 valence electrons. The van der Waals surface area contributed by atoms with E-state index in [-0.39, 0.29) is 26.9 Å². The summed E-state index contributed by atoms with van der Waals surface area (Å²) < 4.78 is 21.7. The van der Waals surface area contributed by atoms with Crippen molar-refractivity contribution in [3.8, 4) is 17.2 Å². The second-order valence-electron chi connectivity index (χ2n) is 8.44. The lowest BCUT2D eigenvalue weighted by atomic mass is 9.95. The summed E-state index contributed by atoms with van der Waals surface area (Å²) in [6.07, 6.45) is 0. The number of Topliss-reactive ketones (excluding diaryl/α,β-unsaturated/α-hetero) is 1. The standard InChI is InChI=1S/C27H24N2O8S/c1-4-35-17-7-5-6-15(12-17)21-20(22(30)16-8-9-18-19(13-16)37-11-10-36-18)23(31)25(32)29(21)27-28-14(2)24(38-27)26(33)34-3/h5-9,12-13,21,30H,4,10-11H2,1-3H3/t21-/m0/s1. The fourth-order valence-electron chi connectivity index (χ4n) is 4.40. The van der Waals surface area contributed by atoms with Crippen molar-refractivity contribution in [3.05, 3.63) is 69.7 Å². The van der Waals surface area contributed by atoms with E-state index in [1.807, 2.05) is 6.92 Å². The number of aryl methyl sites for hydroxylation is 1. The monoisotopic (exact) mass is 536 g/mol. The number of hydrogen-bond donors (Lipinski definition) is 1. The molecule has 1 N–H and O–H groups in total. The van der Waals surface area contributed by atoms with Gasteiger partial charge < -0.3 is 24.1 Å². The molecule has 0 unspecified atom stereocenters. The molecule has 0 bridgehead atoms. The van der Waals surface area contributed by atoms with Gasteiger partial charge in [0.25, 0.3) is 5.78 Å². The minimum absolute atomic E-state index is 0.123. The van der Waals surface area contributed by atoms with Crippen molar-refractivity contribution in [1.29, 1.82) is 0 Å². The molecule has 0 aliphatic carbocycles. The quantitative estimate of drug-likeness (QED) is 0.215. The highest BCUT2D eigenvalue weighted by molar-refractivity contribution is 7.17. The van der Waals surface area contributed by atoms with Crippen LogP contribution in [0.5, 0.6) is 17.2 Å². The fraction of sp³-hybridized carbons (Fsp3) is 0.259. The molecule has 5 rings (SSSR count). The third-order valence-corrected chi connectivity index (χ3v) is 7.24. The highest BCUT2D eigenvalue weighted by atomic mass is 32.1. The Morgan fingerprint density at radius 3 is 2.66 bits per heavy atom. The van der Waals surface area contributed by atoms with Gasteiger partial charge in [0.15, 0.2) is 16.6 Å². The number of esters is 1. The van der Waals surface area contributed by atoms with E-state index in [4.69, 9.17) is 18.9 Å². The number of methoxy groups -OCH3 is 1. The number of carbonyl (C=O) groups excluding carboxylic acids is 3. The first kappa shape index (κ1) is 25.3. The molecule has 1 amide bonds. The predicted octanol–water partition coefficient (Wildman–Crippen LogP) is 4.03. The number of ether oxygens (including phenoxy) is 4. The molecule has 0 spiro atoms. The number of anilines is 1. The molecule has 0 saturated carbocycles. The number of nitrogens with zero attached hydrogens (tertiary/aromatic N) is 2. The second-order valence-corrected chi connectivity index (χ2v) is 9.41. The summed E-state index contributed by atoms with van der Waals surface area (Å²) in [6.45, 7) is 4.61. The summed E-state index contributed by atoms with van der Waals surface area (Å²) in [4.78, 5) is 44.9. The van der Waals surface area contributed by atoms with Gasteiger partial charge in [0, 0.05) is 5.56 Å². The number of fused-ring (bicyclic) bond motifs is 1. The maximum atomic E-state index is 13.5. The molecule has 1 saturated heterocycles. The number of aliphatic hydroxyl groups excluding tert-OH is 1. The molecule has 2 aliphatic heterocycles. The van der Waals surface area contributed by atoms with Gasteiger partial charge in [-0.15, -0.1) is 0 Å². The van der Waals surface area contributed by atoms with Gasteiger partial charge in [0.2, 0.25) is 0 Å². The number of benzene rings is 2. The molecule has 3 aromatic rings. The van der Waals surface area contributed by atoms with Crippen molar-refractivity contribution >= 4 is 39.9 Å². The Morgan fingerprint density at radius 2 is 1.92 bits per heavy atom. The van der Waals surface area contributed by atoms with Crippen molar-refractivity contribution < 1.29 is 38.4 Å². The van der Waals surface area contributed by atoms with E-state index in [9.17, 15) is 19.5 Å². The molecule has 2 aliphatic rings. The average Bonchev–Trinajstić information content (AvgIpc) is 3.44. The third-order valence-electron chi connectivity index (χ3n) is 6.11. The van der Waals surface area contributed by atoms with Crippen LogP contribution in [0.3, 0.4) is 0 Å². The Kier molecular flexibility index (Phi) is 6.77. The number of thiazole rings is 1. The first-order valence-corrected chi connectivity index (χ1v) is 12.6. The van der Waals surface area contributed by atoms with Gasteiger partial charge in [-0.1, -0.05) is 23.5 Å². The van der Waals surface area contributed by atoms with Gasteiger partial charge in [-0.2, -0.15) is 0 Å². The highest BCUT2D eigenvalue weighted by Gasteiger charge is 2.48. The minimum atomic E-state index is -1.04. The van der Waals surface area contributed by atoms with Crippen LogP contribution in [-0.2, 0) is 14.3 Å². The molecule has 1 aromatic heterocycles. The lowest BCUT2D eigenvalue weighted by molar-refractivity contribution is -0.132. The smallest absolute Gasteiger partial charge is 0.350 e. The second kappa shape index (κ2) is 10.2. The highest BCUT2D eigenvalue weighted by Crippen LogP contribution is 2.45.